The fourth-order valence-electron chi connectivity index (χ4n) is 7.55. The molecule has 0 spiro atoms. The van der Waals surface area contributed by atoms with Gasteiger partial charge in [-0.1, -0.05) is 33.8 Å². The summed E-state index contributed by atoms with van der Waals surface area (Å²) in [4.78, 5) is 37.1. The van der Waals surface area contributed by atoms with E-state index < -0.39 is 82.2 Å². The molecular weight excluding hydrogens is 446 g/mol. The van der Waals surface area contributed by atoms with Crippen LogP contribution in [0.5, 0.6) is 0 Å². The fourth-order valence-corrected chi connectivity index (χ4v) is 7.55. The zero-order valence-corrected chi connectivity index (χ0v) is 20.3. The highest BCUT2D eigenvalue weighted by Gasteiger charge is 2.76. The highest BCUT2D eigenvalue weighted by atomic mass is 19.1. The van der Waals surface area contributed by atoms with Crippen molar-refractivity contribution >= 4 is 17.5 Å². The molecule has 9 atom stereocenters. The van der Waals surface area contributed by atoms with Gasteiger partial charge in [0.1, 0.15) is 11.8 Å². The summed E-state index contributed by atoms with van der Waals surface area (Å²) in [5, 5.41) is 23.1. The first-order chi connectivity index (χ1) is 15.6. The molecule has 6 nitrogen and oxygen atoms in total. The van der Waals surface area contributed by atoms with E-state index in [-0.39, 0.29) is 24.8 Å². The minimum Gasteiger partial charge on any atom is -0.457 e. The second kappa shape index (κ2) is 7.79. The summed E-state index contributed by atoms with van der Waals surface area (Å²) < 4.78 is 37.6. The van der Waals surface area contributed by atoms with Crippen LogP contribution in [0.3, 0.4) is 0 Å². The SMILES string of the molecule is CC(C)C(=O)OCC(=O)[C@@]1(O)[C@H](C)C[C@H]2[C@@H]3C[C@H](F)C4=CC(=O)C=C[C@]4(C)[C@@]3(F)[C@@H](O)C[C@@]21C. The third kappa shape index (κ3) is 3.00. The molecule has 8 heteroatoms. The molecule has 2 N–H and O–H groups in total. The smallest absolute Gasteiger partial charge is 0.308 e. The van der Waals surface area contributed by atoms with Crippen molar-refractivity contribution in [3.63, 3.8) is 0 Å². The van der Waals surface area contributed by atoms with Gasteiger partial charge in [0, 0.05) is 16.7 Å². The number of aliphatic hydroxyl groups excluding tert-OH is 1. The van der Waals surface area contributed by atoms with Gasteiger partial charge >= 0.3 is 5.97 Å². The molecule has 4 rings (SSSR count). The molecule has 0 aliphatic heterocycles. The van der Waals surface area contributed by atoms with Crippen LogP contribution in [0.1, 0.15) is 53.9 Å². The Hall–Kier alpha value is -1.93. The van der Waals surface area contributed by atoms with Crippen molar-refractivity contribution in [2.24, 2.45) is 34.5 Å². The molecule has 3 fully saturated rings. The Balaban J connectivity index is 1.73. The molecule has 0 aromatic carbocycles. The summed E-state index contributed by atoms with van der Waals surface area (Å²) in [5.74, 6) is -4.34. The number of ether oxygens (including phenoxy) is 1. The summed E-state index contributed by atoms with van der Waals surface area (Å²) in [7, 11) is 0. The zero-order chi connectivity index (χ0) is 25.4. The van der Waals surface area contributed by atoms with E-state index >= 15 is 8.78 Å². The van der Waals surface area contributed by atoms with E-state index in [1.807, 2.05) is 0 Å². The van der Waals surface area contributed by atoms with Gasteiger partial charge in [-0.25, -0.2) is 8.78 Å². The van der Waals surface area contributed by atoms with Crippen LogP contribution in [-0.2, 0) is 19.1 Å². The monoisotopic (exact) mass is 480 g/mol. The van der Waals surface area contributed by atoms with Crippen molar-refractivity contribution in [1.82, 2.24) is 0 Å². The fraction of sp³-hybridized carbons (Fsp3) is 0.731. The average molecular weight is 481 g/mol. The Morgan fingerprint density at radius 3 is 2.50 bits per heavy atom. The number of Topliss-reactive ketones (excluding diaryl/α,β-unsaturated/α-hetero) is 1. The van der Waals surface area contributed by atoms with Crippen molar-refractivity contribution in [1.29, 1.82) is 0 Å². The third-order valence-corrected chi connectivity index (χ3v) is 9.45. The van der Waals surface area contributed by atoms with E-state index in [4.69, 9.17) is 4.74 Å². The lowest BCUT2D eigenvalue weighted by atomic mass is 9.44. The number of ketones is 2. The van der Waals surface area contributed by atoms with E-state index in [1.165, 1.54) is 19.1 Å². The first kappa shape index (κ1) is 25.2. The predicted octanol–water partition coefficient (Wildman–Crippen LogP) is 3.05. The summed E-state index contributed by atoms with van der Waals surface area (Å²) in [6.07, 6.45) is 0.270. The first-order valence-corrected chi connectivity index (χ1v) is 12.0. The minimum absolute atomic E-state index is 0.0272. The molecule has 0 heterocycles. The van der Waals surface area contributed by atoms with Crippen LogP contribution in [0.15, 0.2) is 23.8 Å². The normalized spacial score (nSPS) is 47.5. The van der Waals surface area contributed by atoms with Crippen LogP contribution in [-0.4, -0.2) is 57.9 Å². The Bertz CT molecular complexity index is 990. The topological polar surface area (TPSA) is 101 Å². The number of esters is 1. The second-order valence-corrected chi connectivity index (χ2v) is 11.4. The van der Waals surface area contributed by atoms with Crippen LogP contribution < -0.4 is 0 Å². The van der Waals surface area contributed by atoms with Gasteiger partial charge in [0.2, 0.25) is 5.78 Å². The maximum absolute atomic E-state index is 17.1. The van der Waals surface area contributed by atoms with Gasteiger partial charge in [-0.2, -0.15) is 0 Å². The number of alkyl halides is 2. The zero-order valence-electron chi connectivity index (χ0n) is 20.3. The number of hydrogen-bond donors (Lipinski definition) is 2. The van der Waals surface area contributed by atoms with Gasteiger partial charge in [0.25, 0.3) is 0 Å². The Morgan fingerprint density at radius 2 is 1.88 bits per heavy atom. The summed E-state index contributed by atoms with van der Waals surface area (Å²) in [5.41, 5.74) is -7.00. The van der Waals surface area contributed by atoms with Crippen LogP contribution in [0.2, 0.25) is 0 Å². The largest absolute Gasteiger partial charge is 0.457 e. The summed E-state index contributed by atoms with van der Waals surface area (Å²) in [6.45, 7) is 7.47. The number of allylic oxidation sites excluding steroid dienone is 4. The molecule has 4 aliphatic carbocycles. The lowest BCUT2D eigenvalue weighted by Crippen LogP contribution is -2.70. The number of halogens is 2. The van der Waals surface area contributed by atoms with E-state index in [2.05, 4.69) is 0 Å². The Labute approximate surface area is 198 Å². The van der Waals surface area contributed by atoms with Gasteiger partial charge in [0.15, 0.2) is 18.1 Å². The highest BCUT2D eigenvalue weighted by molar-refractivity contribution is 6.01. The molecule has 0 aromatic rings. The molecule has 34 heavy (non-hydrogen) atoms. The van der Waals surface area contributed by atoms with Crippen molar-refractivity contribution < 1.29 is 38.1 Å². The quantitative estimate of drug-likeness (QED) is 0.600. The summed E-state index contributed by atoms with van der Waals surface area (Å²) >= 11 is 0. The van der Waals surface area contributed by atoms with Crippen molar-refractivity contribution in [3.05, 3.63) is 23.8 Å². The van der Waals surface area contributed by atoms with Gasteiger partial charge in [0.05, 0.1) is 12.0 Å². The van der Waals surface area contributed by atoms with Crippen LogP contribution >= 0.6 is 0 Å². The van der Waals surface area contributed by atoms with Crippen molar-refractivity contribution in [2.75, 3.05) is 6.61 Å². The van der Waals surface area contributed by atoms with Crippen LogP contribution in [0.25, 0.3) is 0 Å². The number of fused-ring (bicyclic) bond motifs is 5. The number of aliphatic hydroxyl groups is 2. The molecule has 0 unspecified atom stereocenters. The Morgan fingerprint density at radius 1 is 1.24 bits per heavy atom. The molecule has 188 valence electrons. The van der Waals surface area contributed by atoms with Gasteiger partial charge in [-0.05, 0) is 55.7 Å². The number of hydrogen-bond acceptors (Lipinski definition) is 6. The summed E-state index contributed by atoms with van der Waals surface area (Å²) in [6, 6.07) is 0. The molecular formula is C26H34F2O6. The first-order valence-electron chi connectivity index (χ1n) is 12.0. The maximum atomic E-state index is 17.1. The molecule has 0 amide bonds. The second-order valence-electron chi connectivity index (χ2n) is 11.4. The molecule has 3 saturated carbocycles. The predicted molar refractivity (Wildman–Crippen MR) is 119 cm³/mol. The molecule has 0 saturated heterocycles. The average Bonchev–Trinajstić information content (AvgIpc) is 2.96. The van der Waals surface area contributed by atoms with Gasteiger partial charge < -0.3 is 14.9 Å². The van der Waals surface area contributed by atoms with Crippen molar-refractivity contribution in [2.45, 2.75) is 77.4 Å². The standard InChI is InChI=1S/C26H34F2O6/c1-13(2)22(32)34-12-21(31)26(33)14(3)8-16-17-10-19(27)18-9-15(29)6-7-23(18,4)25(17,28)20(30)11-24(16,26)5/h6-7,9,13-14,16-17,19-20,30,33H,8,10-12H2,1-5H3/t14-,16+,17+,19+,20+,23+,24+,25+,26+/m1/s1. The lowest BCUT2D eigenvalue weighted by Gasteiger charge is -2.63. The number of carbonyl (C=O) groups is 3. The number of carbonyl (C=O) groups excluding carboxylic acids is 3. The minimum atomic E-state index is -2.28. The third-order valence-electron chi connectivity index (χ3n) is 9.45. The van der Waals surface area contributed by atoms with E-state index in [9.17, 15) is 24.6 Å². The highest BCUT2D eigenvalue weighted by Crippen LogP contribution is 2.70. The number of rotatable bonds is 4. The van der Waals surface area contributed by atoms with Crippen molar-refractivity contribution in [3.8, 4) is 0 Å². The molecule has 0 aromatic heterocycles. The molecule has 0 bridgehead atoms. The maximum Gasteiger partial charge on any atom is 0.308 e. The molecule has 4 aliphatic rings. The molecule has 0 radical (unpaired) electrons. The van der Waals surface area contributed by atoms with E-state index in [1.54, 1.807) is 27.7 Å². The van der Waals surface area contributed by atoms with Gasteiger partial charge in [-0.15, -0.1) is 0 Å². The van der Waals surface area contributed by atoms with E-state index in [0.29, 0.717) is 0 Å². The van der Waals surface area contributed by atoms with E-state index in [0.717, 1.165) is 6.08 Å². The van der Waals surface area contributed by atoms with Crippen LogP contribution in [0.4, 0.5) is 8.78 Å². The van der Waals surface area contributed by atoms with Gasteiger partial charge in [-0.3, -0.25) is 14.4 Å². The van der Waals surface area contributed by atoms with Crippen LogP contribution in [0, 0.1) is 34.5 Å². The lowest BCUT2D eigenvalue weighted by molar-refractivity contribution is -0.224. The Kier molecular flexibility index (Phi) is 5.76.